The number of methoxy groups -OCH3 is 1. The fraction of sp³-hybridized carbons (Fsp3) is 0.333. The number of nitrogens with zero attached hydrogens (tertiary/aromatic N) is 1. The summed E-state index contributed by atoms with van der Waals surface area (Å²) in [7, 11) is 1.59. The zero-order valence-corrected chi connectivity index (χ0v) is 9.56. The van der Waals surface area contributed by atoms with Crippen molar-refractivity contribution in [2.24, 2.45) is 0 Å². The highest BCUT2D eigenvalue weighted by molar-refractivity contribution is 5.72. The minimum atomic E-state index is -0.00657. The van der Waals surface area contributed by atoms with Crippen molar-refractivity contribution >= 4 is 12.0 Å². The van der Waals surface area contributed by atoms with E-state index >= 15 is 0 Å². The maximum absolute atomic E-state index is 10.6. The molecule has 1 aromatic heterocycles. The van der Waals surface area contributed by atoms with E-state index in [0.717, 1.165) is 12.1 Å². The molecule has 0 aliphatic carbocycles. The third kappa shape index (κ3) is 4.59. The Morgan fingerprint density at radius 1 is 1.56 bits per heavy atom. The van der Waals surface area contributed by atoms with Crippen LogP contribution >= 0.6 is 0 Å². The Bertz CT molecular complexity index is 375. The topological polar surface area (TPSA) is 51.2 Å². The zero-order valence-electron chi connectivity index (χ0n) is 9.56. The highest BCUT2D eigenvalue weighted by Gasteiger charge is 1.92. The van der Waals surface area contributed by atoms with Gasteiger partial charge >= 0.3 is 0 Å². The van der Waals surface area contributed by atoms with Crippen LogP contribution in [0, 0.1) is 0 Å². The number of hydrogen-bond donors (Lipinski definition) is 1. The average molecular weight is 220 g/mol. The van der Waals surface area contributed by atoms with Gasteiger partial charge in [-0.1, -0.05) is 12.1 Å². The molecule has 0 saturated carbocycles. The first-order valence-corrected chi connectivity index (χ1v) is 5.14. The maximum atomic E-state index is 10.6. The van der Waals surface area contributed by atoms with Crippen molar-refractivity contribution in [3.05, 3.63) is 30.0 Å². The van der Waals surface area contributed by atoms with Crippen LogP contribution < -0.4 is 10.1 Å². The summed E-state index contributed by atoms with van der Waals surface area (Å²) >= 11 is 0. The normalized spacial score (nSPS) is 10.4. The summed E-state index contributed by atoms with van der Waals surface area (Å²) in [6.07, 6.45) is 4.67. The highest BCUT2D eigenvalue weighted by Crippen LogP contribution is 2.07. The van der Waals surface area contributed by atoms with E-state index in [-0.39, 0.29) is 5.91 Å². The van der Waals surface area contributed by atoms with E-state index < -0.39 is 0 Å². The predicted molar refractivity (Wildman–Crippen MR) is 63.1 cm³/mol. The van der Waals surface area contributed by atoms with Gasteiger partial charge < -0.3 is 10.1 Å². The molecular weight excluding hydrogens is 204 g/mol. The van der Waals surface area contributed by atoms with Crippen LogP contribution in [0.4, 0.5) is 0 Å². The Labute approximate surface area is 95.3 Å². The molecule has 0 fully saturated rings. The Morgan fingerprint density at radius 2 is 2.38 bits per heavy atom. The minimum Gasteiger partial charge on any atom is -0.481 e. The summed E-state index contributed by atoms with van der Waals surface area (Å²) in [6, 6.07) is 5.59. The van der Waals surface area contributed by atoms with Gasteiger partial charge in [-0.25, -0.2) is 4.98 Å². The molecule has 4 nitrogen and oxygen atoms in total. The smallest absolute Gasteiger partial charge is 0.216 e. The van der Waals surface area contributed by atoms with E-state index in [1.54, 1.807) is 13.2 Å². The van der Waals surface area contributed by atoms with Gasteiger partial charge in [-0.05, 0) is 18.6 Å². The van der Waals surface area contributed by atoms with Crippen LogP contribution in [0.5, 0.6) is 5.88 Å². The lowest BCUT2D eigenvalue weighted by atomic mass is 10.3. The van der Waals surface area contributed by atoms with Crippen LogP contribution in [0.25, 0.3) is 6.08 Å². The first-order chi connectivity index (χ1) is 7.72. The van der Waals surface area contributed by atoms with Gasteiger partial charge in [-0.3, -0.25) is 4.79 Å². The van der Waals surface area contributed by atoms with Gasteiger partial charge in [-0.15, -0.1) is 0 Å². The Morgan fingerprint density at radius 3 is 3.06 bits per heavy atom. The fourth-order valence-electron chi connectivity index (χ4n) is 1.17. The molecule has 0 saturated heterocycles. The SMILES string of the molecule is COc1cccc(C=CCCNC(C)=O)n1. The lowest BCUT2D eigenvalue weighted by Crippen LogP contribution is -2.20. The largest absolute Gasteiger partial charge is 0.481 e. The van der Waals surface area contributed by atoms with Crippen molar-refractivity contribution in [1.29, 1.82) is 0 Å². The molecule has 0 aliphatic rings. The number of amides is 1. The first-order valence-electron chi connectivity index (χ1n) is 5.14. The number of pyridine rings is 1. The fourth-order valence-corrected chi connectivity index (χ4v) is 1.17. The van der Waals surface area contributed by atoms with Crippen molar-refractivity contribution in [2.45, 2.75) is 13.3 Å². The van der Waals surface area contributed by atoms with E-state index in [1.807, 2.05) is 24.3 Å². The Kier molecular flexibility index (Phi) is 5.05. The summed E-state index contributed by atoms with van der Waals surface area (Å²) in [5.74, 6) is 0.594. The lowest BCUT2D eigenvalue weighted by Gasteiger charge is -1.99. The molecule has 1 N–H and O–H groups in total. The second-order valence-electron chi connectivity index (χ2n) is 3.28. The molecule has 1 heterocycles. The highest BCUT2D eigenvalue weighted by atomic mass is 16.5. The standard InChI is InChI=1S/C12H16N2O2/c1-10(15)13-9-4-3-6-11-7-5-8-12(14-11)16-2/h3,5-8H,4,9H2,1-2H3,(H,13,15). The van der Waals surface area contributed by atoms with Crippen molar-refractivity contribution in [2.75, 3.05) is 13.7 Å². The van der Waals surface area contributed by atoms with Gasteiger partial charge in [0.25, 0.3) is 0 Å². The van der Waals surface area contributed by atoms with Crippen molar-refractivity contribution < 1.29 is 9.53 Å². The van der Waals surface area contributed by atoms with Crippen LogP contribution in [0.2, 0.25) is 0 Å². The van der Waals surface area contributed by atoms with E-state index in [1.165, 1.54) is 6.92 Å². The third-order valence-electron chi connectivity index (χ3n) is 1.93. The molecule has 0 unspecified atom stereocenters. The number of hydrogen-bond acceptors (Lipinski definition) is 3. The van der Waals surface area contributed by atoms with Crippen LogP contribution in [0.1, 0.15) is 19.0 Å². The molecule has 86 valence electrons. The zero-order chi connectivity index (χ0) is 11.8. The Balaban J connectivity index is 2.40. The van der Waals surface area contributed by atoms with Crippen LogP contribution in [0.15, 0.2) is 24.3 Å². The molecule has 4 heteroatoms. The van der Waals surface area contributed by atoms with Crippen molar-refractivity contribution in [3.8, 4) is 5.88 Å². The molecule has 1 rings (SSSR count). The van der Waals surface area contributed by atoms with Gasteiger partial charge in [0, 0.05) is 19.5 Å². The minimum absolute atomic E-state index is 0.00657. The molecule has 1 amide bonds. The number of nitrogens with one attached hydrogen (secondary N) is 1. The van der Waals surface area contributed by atoms with E-state index in [9.17, 15) is 4.79 Å². The maximum Gasteiger partial charge on any atom is 0.216 e. The predicted octanol–water partition coefficient (Wildman–Crippen LogP) is 1.63. The molecule has 1 aromatic rings. The van der Waals surface area contributed by atoms with Gasteiger partial charge in [0.15, 0.2) is 0 Å². The monoisotopic (exact) mass is 220 g/mol. The van der Waals surface area contributed by atoms with Crippen molar-refractivity contribution in [3.63, 3.8) is 0 Å². The molecule has 0 spiro atoms. The van der Waals surface area contributed by atoms with E-state index in [2.05, 4.69) is 10.3 Å². The number of carbonyl (C=O) groups is 1. The molecule has 16 heavy (non-hydrogen) atoms. The summed E-state index contributed by atoms with van der Waals surface area (Å²) in [6.45, 7) is 2.16. The molecule has 0 bridgehead atoms. The van der Waals surface area contributed by atoms with E-state index in [0.29, 0.717) is 12.4 Å². The van der Waals surface area contributed by atoms with Crippen LogP contribution in [0.3, 0.4) is 0 Å². The van der Waals surface area contributed by atoms with Gasteiger partial charge in [0.2, 0.25) is 11.8 Å². The van der Waals surface area contributed by atoms with Gasteiger partial charge in [0.1, 0.15) is 0 Å². The summed E-state index contributed by atoms with van der Waals surface area (Å²) < 4.78 is 5.01. The third-order valence-corrected chi connectivity index (χ3v) is 1.93. The average Bonchev–Trinajstić information content (AvgIpc) is 2.28. The quantitative estimate of drug-likeness (QED) is 0.767. The molecule has 0 aromatic carbocycles. The number of aromatic nitrogens is 1. The second kappa shape index (κ2) is 6.61. The first kappa shape index (κ1) is 12.2. The van der Waals surface area contributed by atoms with Crippen molar-refractivity contribution in [1.82, 2.24) is 10.3 Å². The second-order valence-corrected chi connectivity index (χ2v) is 3.28. The number of carbonyl (C=O) groups excluding carboxylic acids is 1. The van der Waals surface area contributed by atoms with E-state index in [4.69, 9.17) is 4.74 Å². The number of rotatable bonds is 5. The Hall–Kier alpha value is -1.84. The van der Waals surface area contributed by atoms with Crippen LogP contribution in [-0.4, -0.2) is 24.5 Å². The number of ether oxygens (including phenoxy) is 1. The summed E-state index contributed by atoms with van der Waals surface area (Å²) in [5.41, 5.74) is 0.849. The van der Waals surface area contributed by atoms with Crippen LogP contribution in [-0.2, 0) is 4.79 Å². The molecule has 0 aliphatic heterocycles. The molecule has 0 atom stereocenters. The molecule has 0 radical (unpaired) electrons. The van der Waals surface area contributed by atoms with Gasteiger partial charge in [-0.2, -0.15) is 0 Å². The lowest BCUT2D eigenvalue weighted by molar-refractivity contribution is -0.118. The summed E-state index contributed by atoms with van der Waals surface area (Å²) in [5, 5.41) is 2.72. The van der Waals surface area contributed by atoms with Gasteiger partial charge in [0.05, 0.1) is 12.8 Å². The molecular formula is C12H16N2O2. The summed E-state index contributed by atoms with van der Waals surface area (Å²) in [4.78, 5) is 14.8.